The number of likely N-dealkylation sites (tertiary alicyclic amines) is 1. The zero-order valence-electron chi connectivity index (χ0n) is 14.8. The van der Waals surface area contributed by atoms with Gasteiger partial charge in [-0.05, 0) is 43.6 Å². The van der Waals surface area contributed by atoms with Crippen LogP contribution in [-0.2, 0) is 0 Å². The number of benzene rings is 2. The van der Waals surface area contributed by atoms with Crippen molar-refractivity contribution in [3.05, 3.63) is 65.0 Å². The van der Waals surface area contributed by atoms with Crippen LogP contribution in [0.3, 0.4) is 0 Å². The van der Waals surface area contributed by atoms with Crippen LogP contribution in [0, 0.1) is 0 Å². The maximum Gasteiger partial charge on any atom is 0.200 e. The molecule has 0 atom stereocenters. The lowest BCUT2D eigenvalue weighted by atomic mass is 10.1. The van der Waals surface area contributed by atoms with Crippen molar-refractivity contribution >= 4 is 11.0 Å². The Morgan fingerprint density at radius 2 is 1.81 bits per heavy atom. The van der Waals surface area contributed by atoms with Gasteiger partial charge in [0.1, 0.15) is 24.2 Å². The normalized spacial score (nSPS) is 15.2. The minimum atomic E-state index is -0.0164. The van der Waals surface area contributed by atoms with Crippen LogP contribution in [-0.4, -0.2) is 31.1 Å². The maximum atomic E-state index is 12.8. The SMILES string of the molecule is O=c1c(-c2ccccc2)coc2cc(OCCN3CCCCC3)ccc12. The van der Waals surface area contributed by atoms with Gasteiger partial charge in [0.05, 0.1) is 10.9 Å². The summed E-state index contributed by atoms with van der Waals surface area (Å²) >= 11 is 0. The van der Waals surface area contributed by atoms with Crippen molar-refractivity contribution in [1.82, 2.24) is 4.90 Å². The number of ether oxygens (including phenoxy) is 1. The van der Waals surface area contributed by atoms with Gasteiger partial charge in [0.25, 0.3) is 0 Å². The van der Waals surface area contributed by atoms with Crippen molar-refractivity contribution in [2.45, 2.75) is 19.3 Å². The Balaban J connectivity index is 1.50. The molecular weight excluding hydrogens is 326 g/mol. The molecule has 2 aromatic carbocycles. The van der Waals surface area contributed by atoms with Crippen LogP contribution >= 0.6 is 0 Å². The van der Waals surface area contributed by atoms with E-state index in [2.05, 4.69) is 4.90 Å². The average molecular weight is 349 g/mol. The van der Waals surface area contributed by atoms with E-state index in [1.807, 2.05) is 42.5 Å². The highest BCUT2D eigenvalue weighted by atomic mass is 16.5. The summed E-state index contributed by atoms with van der Waals surface area (Å²) in [5.41, 5.74) is 1.99. The first-order valence-corrected chi connectivity index (χ1v) is 9.27. The van der Waals surface area contributed by atoms with Gasteiger partial charge >= 0.3 is 0 Å². The third kappa shape index (κ3) is 3.65. The zero-order valence-corrected chi connectivity index (χ0v) is 14.8. The fraction of sp³-hybridized carbons (Fsp3) is 0.318. The minimum Gasteiger partial charge on any atom is -0.492 e. The van der Waals surface area contributed by atoms with Gasteiger partial charge in [-0.25, -0.2) is 0 Å². The van der Waals surface area contributed by atoms with E-state index < -0.39 is 0 Å². The summed E-state index contributed by atoms with van der Waals surface area (Å²) in [6.45, 7) is 3.92. The number of nitrogens with zero attached hydrogens (tertiary/aromatic N) is 1. The molecule has 0 unspecified atom stereocenters. The Labute approximate surface area is 153 Å². The summed E-state index contributed by atoms with van der Waals surface area (Å²) in [6, 6.07) is 15.0. The lowest BCUT2D eigenvalue weighted by Crippen LogP contribution is -2.33. The molecule has 0 aliphatic carbocycles. The topological polar surface area (TPSA) is 42.7 Å². The largest absolute Gasteiger partial charge is 0.492 e. The Morgan fingerprint density at radius 1 is 1.00 bits per heavy atom. The standard InChI is InChI=1S/C22H23NO3/c24-22-19-10-9-18(25-14-13-23-11-5-2-6-12-23)15-21(19)26-16-20(22)17-7-3-1-4-8-17/h1,3-4,7-10,15-16H,2,5-6,11-14H2. The van der Waals surface area contributed by atoms with Crippen molar-refractivity contribution < 1.29 is 9.15 Å². The van der Waals surface area contributed by atoms with E-state index in [4.69, 9.17) is 9.15 Å². The maximum absolute atomic E-state index is 12.8. The Kier molecular flexibility index (Phi) is 5.02. The van der Waals surface area contributed by atoms with Crippen LogP contribution in [0.15, 0.2) is 64.0 Å². The molecule has 1 aliphatic heterocycles. The highest BCUT2D eigenvalue weighted by Crippen LogP contribution is 2.23. The summed E-state index contributed by atoms with van der Waals surface area (Å²) < 4.78 is 11.6. The highest BCUT2D eigenvalue weighted by Gasteiger charge is 2.11. The molecule has 4 nitrogen and oxygen atoms in total. The summed E-state index contributed by atoms with van der Waals surface area (Å²) in [7, 11) is 0. The molecule has 26 heavy (non-hydrogen) atoms. The molecule has 0 amide bonds. The van der Waals surface area contributed by atoms with Gasteiger partial charge in [0.2, 0.25) is 0 Å². The van der Waals surface area contributed by atoms with E-state index in [-0.39, 0.29) is 5.43 Å². The van der Waals surface area contributed by atoms with Gasteiger partial charge in [0.15, 0.2) is 5.43 Å². The molecule has 0 saturated carbocycles. The summed E-state index contributed by atoms with van der Waals surface area (Å²) in [5.74, 6) is 0.741. The van der Waals surface area contributed by atoms with E-state index in [1.165, 1.54) is 25.5 Å². The quantitative estimate of drug-likeness (QED) is 0.688. The predicted octanol–water partition coefficient (Wildman–Crippen LogP) is 4.32. The molecule has 2 heterocycles. The van der Waals surface area contributed by atoms with E-state index in [0.717, 1.165) is 30.9 Å². The molecule has 4 heteroatoms. The van der Waals surface area contributed by atoms with Gasteiger partial charge in [-0.2, -0.15) is 0 Å². The molecule has 4 rings (SSSR count). The molecule has 134 valence electrons. The second-order valence-corrected chi connectivity index (χ2v) is 6.75. The highest BCUT2D eigenvalue weighted by molar-refractivity contribution is 5.82. The smallest absolute Gasteiger partial charge is 0.200 e. The molecule has 1 fully saturated rings. The van der Waals surface area contributed by atoms with Gasteiger partial charge in [-0.15, -0.1) is 0 Å². The van der Waals surface area contributed by atoms with Crippen molar-refractivity contribution in [2.24, 2.45) is 0 Å². The number of rotatable bonds is 5. The lowest BCUT2D eigenvalue weighted by molar-refractivity contribution is 0.183. The molecule has 0 bridgehead atoms. The third-order valence-corrected chi connectivity index (χ3v) is 4.96. The van der Waals surface area contributed by atoms with E-state index >= 15 is 0 Å². The van der Waals surface area contributed by atoms with Gasteiger partial charge < -0.3 is 9.15 Å². The lowest BCUT2D eigenvalue weighted by Gasteiger charge is -2.26. The van der Waals surface area contributed by atoms with Gasteiger partial charge in [-0.1, -0.05) is 36.8 Å². The number of hydrogen-bond donors (Lipinski definition) is 0. The van der Waals surface area contributed by atoms with Crippen LogP contribution in [0.5, 0.6) is 5.75 Å². The van der Waals surface area contributed by atoms with Crippen LogP contribution in [0.4, 0.5) is 0 Å². The molecule has 1 saturated heterocycles. The van der Waals surface area contributed by atoms with E-state index in [1.54, 1.807) is 6.07 Å². The van der Waals surface area contributed by atoms with Crippen molar-refractivity contribution in [3.8, 4) is 16.9 Å². The average Bonchev–Trinajstić information content (AvgIpc) is 2.70. The molecule has 0 spiro atoms. The van der Waals surface area contributed by atoms with Crippen molar-refractivity contribution in [3.63, 3.8) is 0 Å². The minimum absolute atomic E-state index is 0.0164. The predicted molar refractivity (Wildman–Crippen MR) is 104 cm³/mol. The second-order valence-electron chi connectivity index (χ2n) is 6.75. The van der Waals surface area contributed by atoms with E-state index in [0.29, 0.717) is 23.1 Å². The summed E-state index contributed by atoms with van der Waals surface area (Å²) in [6.07, 6.45) is 5.44. The second kappa shape index (κ2) is 7.75. The molecule has 1 aliphatic rings. The zero-order chi connectivity index (χ0) is 17.8. The van der Waals surface area contributed by atoms with Crippen LogP contribution < -0.4 is 10.2 Å². The number of piperidine rings is 1. The van der Waals surface area contributed by atoms with Gasteiger partial charge in [0, 0.05) is 12.6 Å². The molecule has 3 aromatic rings. The molecule has 0 radical (unpaired) electrons. The Hall–Kier alpha value is -2.59. The molecular formula is C22H23NO3. The van der Waals surface area contributed by atoms with Crippen LogP contribution in [0.1, 0.15) is 19.3 Å². The first-order valence-electron chi connectivity index (χ1n) is 9.27. The third-order valence-electron chi connectivity index (χ3n) is 4.96. The van der Waals surface area contributed by atoms with Gasteiger partial charge in [-0.3, -0.25) is 9.69 Å². The molecule has 0 N–H and O–H groups in total. The van der Waals surface area contributed by atoms with Crippen LogP contribution in [0.2, 0.25) is 0 Å². The van der Waals surface area contributed by atoms with E-state index in [9.17, 15) is 4.79 Å². The van der Waals surface area contributed by atoms with Crippen LogP contribution in [0.25, 0.3) is 22.1 Å². The first-order chi connectivity index (χ1) is 12.8. The fourth-order valence-electron chi connectivity index (χ4n) is 3.49. The summed E-state index contributed by atoms with van der Waals surface area (Å²) in [4.78, 5) is 15.2. The summed E-state index contributed by atoms with van der Waals surface area (Å²) in [5, 5.41) is 0.578. The van der Waals surface area contributed by atoms with Crippen molar-refractivity contribution in [1.29, 1.82) is 0 Å². The first kappa shape index (κ1) is 16.9. The Morgan fingerprint density at radius 3 is 2.62 bits per heavy atom. The number of fused-ring (bicyclic) bond motifs is 1. The number of hydrogen-bond acceptors (Lipinski definition) is 4. The van der Waals surface area contributed by atoms with Crippen molar-refractivity contribution in [2.75, 3.05) is 26.2 Å². The monoisotopic (exact) mass is 349 g/mol. The fourth-order valence-corrected chi connectivity index (χ4v) is 3.49. The Bertz CT molecular complexity index is 927. The molecule has 1 aromatic heterocycles.